The van der Waals surface area contributed by atoms with E-state index in [1.807, 2.05) is 31.0 Å². The van der Waals surface area contributed by atoms with E-state index in [0.29, 0.717) is 6.61 Å². The molecule has 1 amide bonds. The molecule has 2 aliphatic heterocycles. The van der Waals surface area contributed by atoms with Crippen LogP contribution in [0.5, 0.6) is 5.75 Å². The van der Waals surface area contributed by atoms with Gasteiger partial charge in [0.2, 0.25) is 5.91 Å². The van der Waals surface area contributed by atoms with Gasteiger partial charge in [0.05, 0.1) is 24.9 Å². The Bertz CT molecular complexity index is 980. The van der Waals surface area contributed by atoms with Gasteiger partial charge in [-0.1, -0.05) is 6.07 Å². The molecule has 1 saturated heterocycles. The van der Waals surface area contributed by atoms with Crippen molar-refractivity contribution < 1.29 is 14.6 Å². The predicted molar refractivity (Wildman–Crippen MR) is 122 cm³/mol. The van der Waals surface area contributed by atoms with Crippen LogP contribution < -0.4 is 10.1 Å². The van der Waals surface area contributed by atoms with Crippen LogP contribution in [-0.2, 0) is 30.9 Å². The van der Waals surface area contributed by atoms with Crippen LogP contribution >= 0.6 is 0 Å². The highest BCUT2D eigenvalue weighted by Gasteiger charge is 2.32. The summed E-state index contributed by atoms with van der Waals surface area (Å²) in [6, 6.07) is 5.98. The second kappa shape index (κ2) is 9.83. The molecule has 1 atom stereocenters. The van der Waals surface area contributed by atoms with Crippen LogP contribution in [0.25, 0.3) is 0 Å². The summed E-state index contributed by atoms with van der Waals surface area (Å²) in [6.07, 6.45) is 2.76. The summed E-state index contributed by atoms with van der Waals surface area (Å²) in [5, 5.41) is 13.0. The van der Waals surface area contributed by atoms with Gasteiger partial charge in [0.15, 0.2) is 5.82 Å². The number of benzene rings is 1. The third kappa shape index (κ3) is 4.56. The number of carbonyl (C=O) groups excluding carboxylic acids is 1. The van der Waals surface area contributed by atoms with Gasteiger partial charge in [-0.05, 0) is 43.9 Å². The lowest BCUT2D eigenvalue weighted by molar-refractivity contribution is -0.129. The SMILES string of the molecule is CCOc1ccc(CN2CCc3c(nc(C4CCCN4C(C)=O)nc3NC)C2)cc1CO. The molecule has 32 heavy (non-hydrogen) atoms. The molecule has 8 heteroatoms. The van der Waals surface area contributed by atoms with Gasteiger partial charge in [-0.15, -0.1) is 0 Å². The quantitative estimate of drug-likeness (QED) is 0.685. The minimum absolute atomic E-state index is 0.0395. The monoisotopic (exact) mass is 439 g/mol. The Kier molecular flexibility index (Phi) is 6.91. The topological polar surface area (TPSA) is 90.8 Å². The fourth-order valence-electron chi connectivity index (χ4n) is 4.82. The first-order valence-corrected chi connectivity index (χ1v) is 11.5. The number of hydrogen-bond acceptors (Lipinski definition) is 7. The molecule has 0 bridgehead atoms. The number of anilines is 1. The molecule has 1 aromatic heterocycles. The summed E-state index contributed by atoms with van der Waals surface area (Å²) in [7, 11) is 1.90. The summed E-state index contributed by atoms with van der Waals surface area (Å²) in [4.78, 5) is 26.1. The number of ether oxygens (including phenoxy) is 1. The molecule has 0 spiro atoms. The van der Waals surface area contributed by atoms with E-state index in [2.05, 4.69) is 16.3 Å². The molecule has 8 nitrogen and oxygen atoms in total. The lowest BCUT2D eigenvalue weighted by Gasteiger charge is -2.30. The van der Waals surface area contributed by atoms with E-state index in [1.54, 1.807) is 6.92 Å². The minimum atomic E-state index is -0.0431. The second-order valence-electron chi connectivity index (χ2n) is 8.47. The van der Waals surface area contributed by atoms with Gasteiger partial charge in [-0.3, -0.25) is 9.69 Å². The molecule has 1 unspecified atom stereocenters. The molecule has 2 N–H and O–H groups in total. The van der Waals surface area contributed by atoms with Crippen molar-refractivity contribution in [2.24, 2.45) is 0 Å². The number of aliphatic hydroxyl groups excluding tert-OH is 1. The first kappa shape index (κ1) is 22.5. The fourth-order valence-corrected chi connectivity index (χ4v) is 4.82. The summed E-state index contributed by atoms with van der Waals surface area (Å²) in [5.41, 5.74) is 4.16. The Morgan fingerprint density at radius 1 is 1.31 bits per heavy atom. The number of aliphatic hydroxyl groups is 1. The van der Waals surface area contributed by atoms with Crippen LogP contribution in [0.1, 0.15) is 60.9 Å². The van der Waals surface area contributed by atoms with Gasteiger partial charge in [-0.2, -0.15) is 0 Å². The molecule has 4 rings (SSSR count). The van der Waals surface area contributed by atoms with Crippen molar-refractivity contribution in [1.29, 1.82) is 0 Å². The third-order valence-electron chi connectivity index (χ3n) is 6.35. The van der Waals surface area contributed by atoms with E-state index in [0.717, 1.165) is 79.7 Å². The average Bonchev–Trinajstić information content (AvgIpc) is 3.29. The van der Waals surface area contributed by atoms with E-state index in [4.69, 9.17) is 14.7 Å². The van der Waals surface area contributed by atoms with Crippen LogP contribution in [0.4, 0.5) is 5.82 Å². The van der Waals surface area contributed by atoms with E-state index in [1.165, 1.54) is 5.56 Å². The van der Waals surface area contributed by atoms with E-state index in [9.17, 15) is 9.90 Å². The molecule has 1 fully saturated rings. The zero-order valence-corrected chi connectivity index (χ0v) is 19.2. The number of rotatable bonds is 7. The number of nitrogens with zero attached hydrogens (tertiary/aromatic N) is 4. The van der Waals surface area contributed by atoms with Crippen molar-refractivity contribution in [3.8, 4) is 5.75 Å². The molecule has 2 aliphatic rings. The van der Waals surface area contributed by atoms with Gasteiger partial charge in [0.25, 0.3) is 0 Å². The van der Waals surface area contributed by atoms with Crippen LogP contribution in [0, 0.1) is 0 Å². The van der Waals surface area contributed by atoms with Crippen molar-refractivity contribution >= 4 is 11.7 Å². The summed E-state index contributed by atoms with van der Waals surface area (Å²) < 4.78 is 5.61. The average molecular weight is 440 g/mol. The number of fused-ring (bicyclic) bond motifs is 1. The molecule has 0 aliphatic carbocycles. The number of aromatic nitrogens is 2. The van der Waals surface area contributed by atoms with Crippen molar-refractivity contribution in [3.05, 3.63) is 46.4 Å². The Hall–Kier alpha value is -2.71. The molecule has 0 radical (unpaired) electrons. The highest BCUT2D eigenvalue weighted by atomic mass is 16.5. The summed E-state index contributed by atoms with van der Waals surface area (Å²) in [5.74, 6) is 2.44. The zero-order chi connectivity index (χ0) is 22.7. The Balaban J connectivity index is 1.56. The highest BCUT2D eigenvalue weighted by Crippen LogP contribution is 2.33. The Morgan fingerprint density at radius 3 is 2.88 bits per heavy atom. The molecule has 0 saturated carbocycles. The normalized spacial score (nSPS) is 18.5. The largest absolute Gasteiger partial charge is 0.494 e. The smallest absolute Gasteiger partial charge is 0.220 e. The minimum Gasteiger partial charge on any atom is -0.494 e. The zero-order valence-electron chi connectivity index (χ0n) is 19.2. The van der Waals surface area contributed by atoms with Crippen molar-refractivity contribution in [3.63, 3.8) is 0 Å². The maximum absolute atomic E-state index is 12.1. The van der Waals surface area contributed by atoms with E-state index >= 15 is 0 Å². The van der Waals surface area contributed by atoms with E-state index < -0.39 is 0 Å². The lowest BCUT2D eigenvalue weighted by atomic mass is 10.0. The maximum Gasteiger partial charge on any atom is 0.220 e. The van der Waals surface area contributed by atoms with Crippen LogP contribution in [-0.4, -0.2) is 57.5 Å². The summed E-state index contributed by atoms with van der Waals surface area (Å²) in [6.45, 7) is 7.28. The standard InChI is InChI=1S/C24H33N5O3/c1-4-32-22-8-7-17(12-18(22)15-30)13-28-11-9-19-20(14-28)26-24(27-23(19)25-3)21-6-5-10-29(21)16(2)31/h7-8,12,21,30H,4-6,9-11,13-15H2,1-3H3,(H,25,26,27). The number of likely N-dealkylation sites (tertiary alicyclic amines) is 1. The van der Waals surface area contributed by atoms with Gasteiger partial charge in [0.1, 0.15) is 11.6 Å². The van der Waals surface area contributed by atoms with Crippen molar-refractivity contribution in [1.82, 2.24) is 19.8 Å². The van der Waals surface area contributed by atoms with Gasteiger partial charge < -0.3 is 20.1 Å². The molecule has 172 valence electrons. The number of carbonyl (C=O) groups is 1. The van der Waals surface area contributed by atoms with E-state index in [-0.39, 0.29) is 18.6 Å². The van der Waals surface area contributed by atoms with Crippen LogP contribution in [0.3, 0.4) is 0 Å². The predicted octanol–water partition coefficient (Wildman–Crippen LogP) is 2.65. The van der Waals surface area contributed by atoms with Crippen LogP contribution in [0.15, 0.2) is 18.2 Å². The molecule has 1 aromatic carbocycles. The molecule has 2 aromatic rings. The Morgan fingerprint density at radius 2 is 2.16 bits per heavy atom. The first-order chi connectivity index (χ1) is 15.5. The van der Waals surface area contributed by atoms with Crippen molar-refractivity contribution in [2.45, 2.75) is 58.8 Å². The highest BCUT2D eigenvalue weighted by molar-refractivity contribution is 5.74. The maximum atomic E-state index is 12.1. The van der Waals surface area contributed by atoms with Gasteiger partial charge in [0, 0.05) is 51.3 Å². The number of hydrogen-bond donors (Lipinski definition) is 2. The second-order valence-corrected chi connectivity index (χ2v) is 8.47. The van der Waals surface area contributed by atoms with Gasteiger partial charge in [-0.25, -0.2) is 9.97 Å². The number of nitrogens with one attached hydrogen (secondary N) is 1. The fraction of sp³-hybridized carbons (Fsp3) is 0.542. The van der Waals surface area contributed by atoms with Gasteiger partial charge >= 0.3 is 0 Å². The Labute approximate surface area is 189 Å². The molecular formula is C24H33N5O3. The van der Waals surface area contributed by atoms with Crippen LogP contribution in [0.2, 0.25) is 0 Å². The number of amides is 1. The lowest BCUT2D eigenvalue weighted by Crippen LogP contribution is -2.33. The summed E-state index contributed by atoms with van der Waals surface area (Å²) >= 11 is 0. The molecule has 3 heterocycles. The third-order valence-corrected chi connectivity index (χ3v) is 6.35. The van der Waals surface area contributed by atoms with Crippen molar-refractivity contribution in [2.75, 3.05) is 32.1 Å². The molecular weight excluding hydrogens is 406 g/mol. The first-order valence-electron chi connectivity index (χ1n) is 11.5.